The third-order valence-electron chi connectivity index (χ3n) is 5.45. The van der Waals surface area contributed by atoms with E-state index in [0.717, 1.165) is 23.7 Å². The molecule has 1 aromatic rings. The van der Waals surface area contributed by atoms with E-state index in [9.17, 15) is 10.2 Å². The lowest BCUT2D eigenvalue weighted by Crippen LogP contribution is -2.18. The van der Waals surface area contributed by atoms with E-state index in [-0.39, 0.29) is 23.8 Å². The highest BCUT2D eigenvalue weighted by atomic mass is 79.9. The van der Waals surface area contributed by atoms with Crippen molar-refractivity contribution in [2.24, 2.45) is 11.8 Å². The molecule has 5 atom stereocenters. The van der Waals surface area contributed by atoms with E-state index >= 15 is 0 Å². The van der Waals surface area contributed by atoms with Crippen LogP contribution >= 0.6 is 27.3 Å². The van der Waals surface area contributed by atoms with Gasteiger partial charge in [0, 0.05) is 14.2 Å². The highest BCUT2D eigenvalue weighted by Crippen LogP contribution is 2.42. The average molecular weight is 451 g/mol. The van der Waals surface area contributed by atoms with E-state index < -0.39 is 6.10 Å². The Morgan fingerprint density at radius 3 is 2.85 bits per heavy atom. The topological polar surface area (TPSA) is 40.5 Å². The van der Waals surface area contributed by atoms with Gasteiger partial charge in [-0.1, -0.05) is 49.9 Å². The molecule has 0 amide bonds. The van der Waals surface area contributed by atoms with Crippen LogP contribution in [0.1, 0.15) is 55.2 Å². The standard InChI is InChI=1S/C22H32BBrO2S/c1-3-4-5-6-7-8-19-18(20(23)14-22(19)26)12-10-16(25)9-11-17-13-21(24)15(2)27-17/h6-7,10,12-13,16,18-20,22,25-26H,3-5,8-9,11,14H2,1-2H3/b7-6+,12-10+. The summed E-state index contributed by atoms with van der Waals surface area (Å²) in [6, 6.07) is 2.14. The molecule has 0 bridgehead atoms. The molecule has 5 unspecified atom stereocenters. The molecule has 5 heteroatoms. The molecule has 2 N–H and O–H groups in total. The molecule has 1 saturated carbocycles. The molecular weight excluding hydrogens is 419 g/mol. The van der Waals surface area contributed by atoms with Crippen LogP contribution in [-0.4, -0.2) is 30.3 Å². The number of halogens is 1. The minimum Gasteiger partial charge on any atom is -0.393 e. The van der Waals surface area contributed by atoms with Crippen molar-refractivity contribution in [3.8, 4) is 0 Å². The van der Waals surface area contributed by atoms with Gasteiger partial charge >= 0.3 is 0 Å². The Balaban J connectivity index is 1.86. The van der Waals surface area contributed by atoms with Gasteiger partial charge in [-0.3, -0.25) is 0 Å². The molecule has 2 nitrogen and oxygen atoms in total. The maximum Gasteiger partial charge on any atom is 0.0724 e. The lowest BCUT2D eigenvalue weighted by molar-refractivity contribution is 0.125. The number of aryl methyl sites for hydroxylation is 2. The fourth-order valence-corrected chi connectivity index (χ4v) is 5.38. The quantitative estimate of drug-likeness (QED) is 0.270. The summed E-state index contributed by atoms with van der Waals surface area (Å²) in [6.45, 7) is 4.29. The molecule has 1 aliphatic carbocycles. The summed E-state index contributed by atoms with van der Waals surface area (Å²) < 4.78 is 1.15. The predicted molar refractivity (Wildman–Crippen MR) is 121 cm³/mol. The van der Waals surface area contributed by atoms with E-state index in [1.54, 1.807) is 11.3 Å². The highest BCUT2D eigenvalue weighted by Gasteiger charge is 2.37. The van der Waals surface area contributed by atoms with Crippen molar-refractivity contribution in [1.82, 2.24) is 0 Å². The Morgan fingerprint density at radius 1 is 1.41 bits per heavy atom. The molecular formula is C22H32BBrO2S. The number of hydrogen-bond donors (Lipinski definition) is 2. The van der Waals surface area contributed by atoms with Crippen LogP contribution in [0.15, 0.2) is 34.8 Å². The number of rotatable bonds is 10. The average Bonchev–Trinajstić information content (AvgIpc) is 3.09. The largest absolute Gasteiger partial charge is 0.393 e. The summed E-state index contributed by atoms with van der Waals surface area (Å²) in [5.74, 6) is 0.245. The number of aliphatic hydroxyl groups is 2. The molecule has 2 radical (unpaired) electrons. The van der Waals surface area contributed by atoms with Crippen molar-refractivity contribution >= 4 is 35.1 Å². The van der Waals surface area contributed by atoms with Gasteiger partial charge < -0.3 is 10.2 Å². The molecule has 1 aromatic heterocycles. The van der Waals surface area contributed by atoms with Crippen molar-refractivity contribution in [1.29, 1.82) is 0 Å². The van der Waals surface area contributed by atoms with Crippen LogP contribution in [0.2, 0.25) is 5.82 Å². The smallest absolute Gasteiger partial charge is 0.0724 e. The molecule has 27 heavy (non-hydrogen) atoms. The second kappa shape index (κ2) is 11.6. The van der Waals surface area contributed by atoms with E-state index in [4.69, 9.17) is 7.85 Å². The second-order valence-electron chi connectivity index (χ2n) is 7.67. The van der Waals surface area contributed by atoms with Crippen LogP contribution in [0.5, 0.6) is 0 Å². The van der Waals surface area contributed by atoms with Crippen molar-refractivity contribution in [2.45, 2.75) is 76.8 Å². The van der Waals surface area contributed by atoms with Crippen LogP contribution in [0, 0.1) is 18.8 Å². The maximum atomic E-state index is 10.4. The Kier molecular flexibility index (Phi) is 9.85. The van der Waals surface area contributed by atoms with Crippen molar-refractivity contribution in [3.05, 3.63) is 44.6 Å². The van der Waals surface area contributed by atoms with Gasteiger partial charge in [-0.15, -0.1) is 11.3 Å². The molecule has 148 valence electrons. The van der Waals surface area contributed by atoms with Gasteiger partial charge in [0.15, 0.2) is 0 Å². The van der Waals surface area contributed by atoms with Crippen molar-refractivity contribution in [2.75, 3.05) is 0 Å². The zero-order valence-corrected chi connectivity index (χ0v) is 18.9. The molecule has 0 aliphatic heterocycles. The zero-order chi connectivity index (χ0) is 19.8. The molecule has 2 rings (SSSR count). The fraction of sp³-hybridized carbons (Fsp3) is 0.636. The van der Waals surface area contributed by atoms with Gasteiger partial charge in [-0.2, -0.15) is 0 Å². The number of unbranched alkanes of at least 4 members (excludes halogenated alkanes) is 2. The molecule has 1 heterocycles. The first-order chi connectivity index (χ1) is 12.9. The SMILES string of the molecule is [B]C1CC(O)C(C/C=C/CCCC)C1/C=C/C(O)CCc1cc(Br)c(C)s1. The summed E-state index contributed by atoms with van der Waals surface area (Å²) in [5.41, 5.74) is 0. The Bertz CT molecular complexity index is 608. The molecule has 0 saturated heterocycles. The molecule has 1 aliphatic rings. The Hall–Kier alpha value is -0.355. The van der Waals surface area contributed by atoms with Crippen LogP contribution in [-0.2, 0) is 6.42 Å². The Labute approximate surface area is 178 Å². The van der Waals surface area contributed by atoms with Gasteiger partial charge in [0.05, 0.1) is 20.1 Å². The summed E-state index contributed by atoms with van der Waals surface area (Å²) >= 11 is 5.32. The third kappa shape index (κ3) is 7.19. The van der Waals surface area contributed by atoms with Gasteiger partial charge in [0.25, 0.3) is 0 Å². The first-order valence-electron chi connectivity index (χ1n) is 10.1. The molecule has 0 spiro atoms. The lowest BCUT2D eigenvalue weighted by Gasteiger charge is -2.20. The normalized spacial score (nSPS) is 27.1. The summed E-state index contributed by atoms with van der Waals surface area (Å²) in [6.07, 6.45) is 14.1. The second-order valence-corrected chi connectivity index (χ2v) is 9.86. The number of hydrogen-bond acceptors (Lipinski definition) is 3. The van der Waals surface area contributed by atoms with Crippen LogP contribution in [0.4, 0.5) is 0 Å². The maximum absolute atomic E-state index is 10.4. The minimum absolute atomic E-state index is 0.0339. The Morgan fingerprint density at radius 2 is 2.19 bits per heavy atom. The van der Waals surface area contributed by atoms with Gasteiger partial charge in [0.2, 0.25) is 0 Å². The van der Waals surface area contributed by atoms with Gasteiger partial charge in [-0.25, -0.2) is 0 Å². The van der Waals surface area contributed by atoms with Gasteiger partial charge in [-0.05, 0) is 72.9 Å². The number of aliphatic hydroxyl groups excluding tert-OH is 2. The summed E-state index contributed by atoms with van der Waals surface area (Å²) in [7, 11) is 6.26. The highest BCUT2D eigenvalue weighted by molar-refractivity contribution is 9.10. The van der Waals surface area contributed by atoms with E-state index in [1.165, 1.54) is 22.6 Å². The van der Waals surface area contributed by atoms with E-state index in [1.807, 2.05) is 12.2 Å². The van der Waals surface area contributed by atoms with Crippen LogP contribution < -0.4 is 0 Å². The van der Waals surface area contributed by atoms with E-state index in [0.29, 0.717) is 12.8 Å². The van der Waals surface area contributed by atoms with E-state index in [2.05, 4.69) is 48.0 Å². The first kappa shape index (κ1) is 22.9. The van der Waals surface area contributed by atoms with Crippen molar-refractivity contribution < 1.29 is 10.2 Å². The summed E-state index contributed by atoms with van der Waals surface area (Å²) in [5, 5.41) is 20.7. The predicted octanol–water partition coefficient (Wildman–Crippen LogP) is 5.76. The van der Waals surface area contributed by atoms with Gasteiger partial charge in [0.1, 0.15) is 0 Å². The number of thiophene rings is 1. The molecule has 0 aromatic carbocycles. The monoisotopic (exact) mass is 450 g/mol. The summed E-state index contributed by atoms with van der Waals surface area (Å²) in [4.78, 5) is 2.56. The fourth-order valence-electron chi connectivity index (χ4n) is 3.76. The molecule has 1 fully saturated rings. The minimum atomic E-state index is -0.475. The first-order valence-corrected chi connectivity index (χ1v) is 11.7. The number of allylic oxidation sites excluding steroid dienone is 3. The third-order valence-corrected chi connectivity index (χ3v) is 7.64. The zero-order valence-electron chi connectivity index (χ0n) is 16.5. The lowest BCUT2D eigenvalue weighted by atomic mass is 9.75. The van der Waals surface area contributed by atoms with Crippen molar-refractivity contribution in [3.63, 3.8) is 0 Å². The van der Waals surface area contributed by atoms with Crippen LogP contribution in [0.25, 0.3) is 0 Å². The van der Waals surface area contributed by atoms with Crippen LogP contribution in [0.3, 0.4) is 0 Å².